The molecule has 0 aromatic heterocycles. The van der Waals surface area contributed by atoms with Crippen LogP contribution in [-0.4, -0.2) is 39.1 Å². The molecular formula is C5H9NO2S2. The third-order valence-corrected chi connectivity index (χ3v) is 2.84. The van der Waals surface area contributed by atoms with Crippen LogP contribution in [0.3, 0.4) is 0 Å². The highest BCUT2D eigenvalue weighted by molar-refractivity contribution is 8.33. The van der Waals surface area contributed by atoms with E-state index < -0.39 is 0 Å². The molecule has 0 aliphatic carbocycles. The molecule has 0 aromatic rings. The molecule has 1 rings (SSSR count). The van der Waals surface area contributed by atoms with Crippen molar-refractivity contribution in [3.8, 4) is 0 Å². The first kappa shape index (κ1) is 8.39. The van der Waals surface area contributed by atoms with Crippen molar-refractivity contribution in [2.45, 2.75) is 11.3 Å². The molecule has 10 heavy (non-hydrogen) atoms. The summed E-state index contributed by atoms with van der Waals surface area (Å²) >= 11 is 5.41. The fraction of sp³-hybridized carbons (Fsp3) is 0.800. The van der Waals surface area contributed by atoms with Gasteiger partial charge in [-0.25, -0.2) is 0 Å². The Balaban J connectivity index is 2.52. The van der Waals surface area contributed by atoms with Gasteiger partial charge in [-0.15, -0.1) is 12.6 Å². The molecule has 5 heteroatoms. The normalized spacial score (nSPS) is 32.5. The van der Waals surface area contributed by atoms with Crippen molar-refractivity contribution in [3.63, 3.8) is 0 Å². The van der Waals surface area contributed by atoms with Crippen LogP contribution in [-0.2, 0) is 0 Å². The minimum atomic E-state index is -0.164. The molecular weight excluding hydrogens is 170 g/mol. The third-order valence-electron chi connectivity index (χ3n) is 1.33. The Morgan fingerprint density at radius 3 is 2.60 bits per heavy atom. The van der Waals surface area contributed by atoms with Crippen molar-refractivity contribution in [2.24, 2.45) is 4.99 Å². The van der Waals surface area contributed by atoms with E-state index in [1.54, 1.807) is 0 Å². The van der Waals surface area contributed by atoms with Gasteiger partial charge < -0.3 is 10.2 Å². The molecule has 2 unspecified atom stereocenters. The molecule has 1 aliphatic rings. The lowest BCUT2D eigenvalue weighted by atomic mass is 10.2. The molecule has 1 aliphatic heterocycles. The molecule has 0 aromatic carbocycles. The maximum absolute atomic E-state index is 8.75. The molecule has 2 N–H and O–H groups in total. The lowest BCUT2D eigenvalue weighted by molar-refractivity contribution is 0.230. The van der Waals surface area contributed by atoms with Gasteiger partial charge in [-0.1, -0.05) is 11.8 Å². The average molecular weight is 179 g/mol. The Morgan fingerprint density at radius 1 is 1.50 bits per heavy atom. The highest BCUT2D eigenvalue weighted by Gasteiger charge is 2.27. The van der Waals surface area contributed by atoms with Gasteiger partial charge in [0.05, 0.1) is 24.5 Å². The summed E-state index contributed by atoms with van der Waals surface area (Å²) in [5.74, 6) is 0. The van der Waals surface area contributed by atoms with Gasteiger partial charge in [0.15, 0.2) is 0 Å². The van der Waals surface area contributed by atoms with Crippen LogP contribution < -0.4 is 0 Å². The molecule has 0 fully saturated rings. The predicted molar refractivity (Wildman–Crippen MR) is 45.8 cm³/mol. The van der Waals surface area contributed by atoms with Gasteiger partial charge in [-0.2, -0.15) is 0 Å². The Bertz CT molecular complexity index is 151. The summed E-state index contributed by atoms with van der Waals surface area (Å²) < 4.78 is 0.651. The minimum absolute atomic E-state index is 0.00231. The van der Waals surface area contributed by atoms with Crippen LogP contribution in [0.5, 0.6) is 0 Å². The molecule has 0 saturated carbocycles. The largest absolute Gasteiger partial charge is 0.395 e. The molecule has 0 amide bonds. The highest BCUT2D eigenvalue weighted by Crippen LogP contribution is 2.27. The van der Waals surface area contributed by atoms with Gasteiger partial charge >= 0.3 is 0 Å². The Hall–Kier alpha value is 0.290. The third kappa shape index (κ3) is 1.66. The first-order valence-corrected chi connectivity index (χ1v) is 4.25. The molecule has 58 valence electrons. The summed E-state index contributed by atoms with van der Waals surface area (Å²) in [7, 11) is 0. The summed E-state index contributed by atoms with van der Waals surface area (Å²) in [6, 6.07) is -0.164. The zero-order valence-electron chi connectivity index (χ0n) is 5.27. The number of hydrogen-bond acceptors (Lipinski definition) is 4. The SMILES string of the molecule is OCC1N=C(S)SC1CO. The second kappa shape index (κ2) is 3.61. The lowest BCUT2D eigenvalue weighted by Crippen LogP contribution is -2.24. The van der Waals surface area contributed by atoms with Gasteiger partial charge in [0.25, 0.3) is 0 Å². The number of nitrogens with zero attached hydrogens (tertiary/aromatic N) is 1. The van der Waals surface area contributed by atoms with E-state index in [1.807, 2.05) is 0 Å². The van der Waals surface area contributed by atoms with Crippen molar-refractivity contribution in [1.29, 1.82) is 0 Å². The monoisotopic (exact) mass is 179 g/mol. The van der Waals surface area contributed by atoms with Crippen LogP contribution in [0.4, 0.5) is 0 Å². The maximum Gasteiger partial charge on any atom is 0.122 e. The number of hydrogen-bond donors (Lipinski definition) is 3. The summed E-state index contributed by atoms with van der Waals surface area (Å²) in [6.07, 6.45) is 0. The number of aliphatic imine (C=N–C) groups is 1. The van der Waals surface area contributed by atoms with E-state index >= 15 is 0 Å². The number of thioether (sulfide) groups is 1. The second-order valence-electron chi connectivity index (χ2n) is 2.00. The van der Waals surface area contributed by atoms with Gasteiger partial charge in [0.1, 0.15) is 4.38 Å². The molecule has 0 saturated heterocycles. The first-order chi connectivity index (χ1) is 4.77. The van der Waals surface area contributed by atoms with Crippen LogP contribution in [0.2, 0.25) is 0 Å². The lowest BCUT2D eigenvalue weighted by Gasteiger charge is -2.09. The van der Waals surface area contributed by atoms with Crippen molar-refractivity contribution < 1.29 is 10.2 Å². The minimum Gasteiger partial charge on any atom is -0.395 e. The maximum atomic E-state index is 8.75. The molecule has 1 heterocycles. The topological polar surface area (TPSA) is 52.8 Å². The van der Waals surface area contributed by atoms with E-state index in [0.29, 0.717) is 4.38 Å². The van der Waals surface area contributed by atoms with Crippen LogP contribution in [0.25, 0.3) is 0 Å². The molecule has 0 bridgehead atoms. The quantitative estimate of drug-likeness (QED) is 0.512. The number of aliphatic hydroxyl groups is 2. The first-order valence-electron chi connectivity index (χ1n) is 2.93. The van der Waals surface area contributed by atoms with Crippen LogP contribution in [0, 0.1) is 0 Å². The van der Waals surface area contributed by atoms with Gasteiger partial charge in [0, 0.05) is 0 Å². The fourth-order valence-electron chi connectivity index (χ4n) is 0.787. The number of rotatable bonds is 2. The van der Waals surface area contributed by atoms with Crippen molar-refractivity contribution in [2.75, 3.05) is 13.2 Å². The highest BCUT2D eigenvalue weighted by atomic mass is 32.2. The van der Waals surface area contributed by atoms with Crippen LogP contribution in [0.15, 0.2) is 4.99 Å². The van der Waals surface area contributed by atoms with Gasteiger partial charge in [-0.05, 0) is 0 Å². The molecule has 0 radical (unpaired) electrons. The number of aliphatic hydroxyl groups excluding tert-OH is 2. The van der Waals surface area contributed by atoms with E-state index in [-0.39, 0.29) is 24.5 Å². The zero-order chi connectivity index (χ0) is 7.56. The number of thiol groups is 1. The Kier molecular flexibility index (Phi) is 3.03. The average Bonchev–Trinajstić information content (AvgIpc) is 2.30. The van der Waals surface area contributed by atoms with E-state index in [9.17, 15) is 0 Å². The molecule has 3 nitrogen and oxygen atoms in total. The summed E-state index contributed by atoms with van der Waals surface area (Å²) in [5, 5.41) is 17.5. The predicted octanol–water partition coefficient (Wildman–Crippen LogP) is -0.259. The summed E-state index contributed by atoms with van der Waals surface area (Å²) in [4.78, 5) is 3.99. The Morgan fingerprint density at radius 2 is 2.20 bits per heavy atom. The Labute approximate surface area is 69.0 Å². The van der Waals surface area contributed by atoms with E-state index in [4.69, 9.17) is 10.2 Å². The van der Waals surface area contributed by atoms with Crippen molar-refractivity contribution in [1.82, 2.24) is 0 Å². The smallest absolute Gasteiger partial charge is 0.122 e. The van der Waals surface area contributed by atoms with E-state index in [1.165, 1.54) is 11.8 Å². The fourth-order valence-corrected chi connectivity index (χ4v) is 2.19. The van der Waals surface area contributed by atoms with Crippen molar-refractivity contribution >= 4 is 28.8 Å². The van der Waals surface area contributed by atoms with Crippen LogP contribution in [0.1, 0.15) is 0 Å². The molecule has 2 atom stereocenters. The molecule has 0 spiro atoms. The van der Waals surface area contributed by atoms with E-state index in [2.05, 4.69) is 17.6 Å². The van der Waals surface area contributed by atoms with Crippen molar-refractivity contribution in [3.05, 3.63) is 0 Å². The van der Waals surface area contributed by atoms with E-state index in [0.717, 1.165) is 0 Å². The standard InChI is InChI=1S/C5H9NO2S2/c7-1-3-4(2-8)10-5(9)6-3/h3-4,7-8H,1-2H2,(H,6,9). The summed E-state index contributed by atoms with van der Waals surface area (Å²) in [6.45, 7) is 0.0335. The second-order valence-corrected chi connectivity index (χ2v) is 3.95. The zero-order valence-corrected chi connectivity index (χ0v) is 6.98. The summed E-state index contributed by atoms with van der Waals surface area (Å²) in [5.41, 5.74) is 0. The van der Waals surface area contributed by atoms with Gasteiger partial charge in [-0.3, -0.25) is 4.99 Å². The van der Waals surface area contributed by atoms with Crippen LogP contribution >= 0.6 is 24.4 Å². The van der Waals surface area contributed by atoms with Gasteiger partial charge in [0.2, 0.25) is 0 Å².